The second-order valence-electron chi connectivity index (χ2n) is 6.75. The molecule has 140 valence electrons. The van der Waals surface area contributed by atoms with E-state index in [2.05, 4.69) is 38.4 Å². The summed E-state index contributed by atoms with van der Waals surface area (Å²) in [4.78, 5) is 10.9. The molecule has 27 heavy (non-hydrogen) atoms. The van der Waals surface area contributed by atoms with Crippen LogP contribution in [0, 0.1) is 0 Å². The zero-order chi connectivity index (χ0) is 18.6. The van der Waals surface area contributed by atoms with Crippen molar-refractivity contribution in [3.63, 3.8) is 0 Å². The Bertz CT molecular complexity index is 931. The number of nitrogens with one attached hydrogen (secondary N) is 1. The molecule has 1 fully saturated rings. The summed E-state index contributed by atoms with van der Waals surface area (Å²) in [5, 5.41) is 15.3. The Hall–Kier alpha value is -2.86. The van der Waals surface area contributed by atoms with E-state index in [0.29, 0.717) is 6.54 Å². The van der Waals surface area contributed by atoms with Crippen molar-refractivity contribution in [2.24, 2.45) is 0 Å². The van der Waals surface area contributed by atoms with Gasteiger partial charge in [-0.15, -0.1) is 0 Å². The number of hydrogen-bond donors (Lipinski definition) is 2. The summed E-state index contributed by atoms with van der Waals surface area (Å²) in [5.74, 6) is 2.47. The average molecular weight is 364 g/mol. The number of nitrogens with zero attached hydrogens (tertiary/aromatic N) is 3. The van der Waals surface area contributed by atoms with Gasteiger partial charge in [-0.25, -0.2) is 9.97 Å². The van der Waals surface area contributed by atoms with Crippen molar-refractivity contribution in [2.45, 2.75) is 25.4 Å². The van der Waals surface area contributed by atoms with Crippen LogP contribution in [0.3, 0.4) is 0 Å². The van der Waals surface area contributed by atoms with Crippen molar-refractivity contribution in [1.82, 2.24) is 9.97 Å². The molecule has 6 heteroatoms. The Kier molecular flexibility index (Phi) is 5.07. The highest BCUT2D eigenvalue weighted by molar-refractivity contribution is 5.88. The van der Waals surface area contributed by atoms with E-state index in [1.807, 2.05) is 24.3 Å². The van der Waals surface area contributed by atoms with Gasteiger partial charge < -0.3 is 20.1 Å². The molecular weight excluding hydrogens is 340 g/mol. The highest BCUT2D eigenvalue weighted by Gasteiger charge is 2.25. The summed E-state index contributed by atoms with van der Waals surface area (Å²) in [6, 6.07) is 14.5. The number of benzene rings is 2. The summed E-state index contributed by atoms with van der Waals surface area (Å²) in [7, 11) is 1.69. The number of aromatic nitrogens is 2. The third-order valence-corrected chi connectivity index (χ3v) is 5.20. The normalized spacial score (nSPS) is 16.7. The predicted molar refractivity (Wildman–Crippen MR) is 107 cm³/mol. The van der Waals surface area contributed by atoms with Crippen molar-refractivity contribution in [3.8, 4) is 5.75 Å². The molecule has 0 radical (unpaired) electrons. The van der Waals surface area contributed by atoms with Gasteiger partial charge in [0.25, 0.3) is 0 Å². The van der Waals surface area contributed by atoms with Crippen LogP contribution < -0.4 is 15.0 Å². The number of methoxy groups -OCH3 is 1. The highest BCUT2D eigenvalue weighted by Crippen LogP contribution is 2.29. The summed E-state index contributed by atoms with van der Waals surface area (Å²) in [6.07, 6.45) is 3.65. The van der Waals surface area contributed by atoms with Crippen LogP contribution in [0.2, 0.25) is 0 Å². The van der Waals surface area contributed by atoms with Crippen LogP contribution in [0.5, 0.6) is 5.75 Å². The van der Waals surface area contributed by atoms with E-state index in [0.717, 1.165) is 42.3 Å². The number of aliphatic hydroxyl groups excluding tert-OH is 1. The van der Waals surface area contributed by atoms with Crippen LogP contribution in [-0.4, -0.2) is 41.4 Å². The molecule has 0 saturated carbocycles. The summed E-state index contributed by atoms with van der Waals surface area (Å²) >= 11 is 0. The monoisotopic (exact) mass is 364 g/mol. The Morgan fingerprint density at radius 1 is 1.22 bits per heavy atom. The summed E-state index contributed by atoms with van der Waals surface area (Å²) in [6.45, 7) is 1.67. The first-order valence-corrected chi connectivity index (χ1v) is 9.28. The number of anilines is 2. The lowest BCUT2D eigenvalue weighted by molar-refractivity contribution is 0.266. The number of ether oxygens (including phenoxy) is 1. The van der Waals surface area contributed by atoms with Crippen molar-refractivity contribution in [2.75, 3.05) is 30.5 Å². The van der Waals surface area contributed by atoms with Crippen molar-refractivity contribution in [1.29, 1.82) is 0 Å². The fourth-order valence-corrected chi connectivity index (χ4v) is 3.80. The predicted octanol–water partition coefficient (Wildman–Crippen LogP) is 3.21. The standard InChI is InChI=1S/C21H24N4O2/c1-27-19-9-8-15-5-2-3-7-17(15)18(19)12-22-20-11-21(24-14-23-20)25-10-4-6-16(25)13-26/h2-3,5,7-9,11,14,16,26H,4,6,10,12-13H2,1H3,(H,22,23,24). The first kappa shape index (κ1) is 17.5. The van der Waals surface area contributed by atoms with Gasteiger partial charge >= 0.3 is 0 Å². The fraction of sp³-hybridized carbons (Fsp3) is 0.333. The molecular formula is C21H24N4O2. The molecule has 1 saturated heterocycles. The number of hydrogen-bond acceptors (Lipinski definition) is 6. The van der Waals surface area contributed by atoms with Gasteiger partial charge in [0.1, 0.15) is 23.7 Å². The minimum absolute atomic E-state index is 0.144. The first-order chi connectivity index (χ1) is 13.3. The molecule has 3 aromatic rings. The third-order valence-electron chi connectivity index (χ3n) is 5.20. The Morgan fingerprint density at radius 3 is 2.96 bits per heavy atom. The van der Waals surface area contributed by atoms with Crippen molar-refractivity contribution >= 4 is 22.4 Å². The number of rotatable bonds is 6. The zero-order valence-electron chi connectivity index (χ0n) is 15.4. The molecule has 0 amide bonds. The summed E-state index contributed by atoms with van der Waals surface area (Å²) in [5.41, 5.74) is 1.10. The van der Waals surface area contributed by atoms with Gasteiger partial charge in [0, 0.05) is 24.7 Å². The van der Waals surface area contributed by atoms with Crippen molar-refractivity contribution in [3.05, 3.63) is 54.4 Å². The molecule has 0 spiro atoms. The molecule has 1 aliphatic heterocycles. The first-order valence-electron chi connectivity index (χ1n) is 9.28. The molecule has 4 rings (SSSR count). The Morgan fingerprint density at radius 2 is 2.11 bits per heavy atom. The van der Waals surface area contributed by atoms with E-state index in [1.165, 1.54) is 10.8 Å². The fourth-order valence-electron chi connectivity index (χ4n) is 3.80. The maximum Gasteiger partial charge on any atom is 0.134 e. The maximum absolute atomic E-state index is 9.56. The summed E-state index contributed by atoms with van der Waals surface area (Å²) < 4.78 is 5.57. The van der Waals surface area contributed by atoms with E-state index in [1.54, 1.807) is 13.4 Å². The van der Waals surface area contributed by atoms with Crippen molar-refractivity contribution < 1.29 is 9.84 Å². The molecule has 2 N–H and O–H groups in total. The minimum atomic E-state index is 0.144. The van der Waals surface area contributed by atoms with Gasteiger partial charge in [-0.3, -0.25) is 0 Å². The van der Waals surface area contributed by atoms with Gasteiger partial charge in [-0.05, 0) is 29.7 Å². The molecule has 0 aliphatic carbocycles. The van der Waals surface area contributed by atoms with Crippen LogP contribution in [0.1, 0.15) is 18.4 Å². The van der Waals surface area contributed by atoms with Crippen LogP contribution in [0.4, 0.5) is 11.6 Å². The van der Waals surface area contributed by atoms with Crippen LogP contribution in [-0.2, 0) is 6.54 Å². The quantitative estimate of drug-likeness (QED) is 0.700. The lowest BCUT2D eigenvalue weighted by atomic mass is 10.0. The highest BCUT2D eigenvalue weighted by atomic mass is 16.5. The van der Waals surface area contributed by atoms with E-state index >= 15 is 0 Å². The Balaban J connectivity index is 1.58. The van der Waals surface area contributed by atoms with Crippen LogP contribution in [0.25, 0.3) is 10.8 Å². The average Bonchev–Trinajstić information content (AvgIpc) is 3.21. The SMILES string of the molecule is COc1ccc2ccccc2c1CNc1cc(N2CCCC2CO)ncn1. The smallest absolute Gasteiger partial charge is 0.134 e. The number of aliphatic hydroxyl groups is 1. The minimum Gasteiger partial charge on any atom is -0.496 e. The van der Waals surface area contributed by atoms with E-state index in [-0.39, 0.29) is 12.6 Å². The van der Waals surface area contributed by atoms with E-state index < -0.39 is 0 Å². The largest absolute Gasteiger partial charge is 0.496 e. The topological polar surface area (TPSA) is 70.5 Å². The van der Waals surface area contributed by atoms with Crippen LogP contribution in [0.15, 0.2) is 48.8 Å². The van der Waals surface area contributed by atoms with Gasteiger partial charge in [0.15, 0.2) is 0 Å². The van der Waals surface area contributed by atoms with Gasteiger partial charge in [-0.2, -0.15) is 0 Å². The lowest BCUT2D eigenvalue weighted by Gasteiger charge is -2.24. The van der Waals surface area contributed by atoms with E-state index in [9.17, 15) is 5.11 Å². The lowest BCUT2D eigenvalue weighted by Crippen LogP contribution is -2.32. The molecule has 2 heterocycles. The third kappa shape index (κ3) is 3.53. The molecule has 1 aliphatic rings. The van der Waals surface area contributed by atoms with Gasteiger partial charge in [-0.1, -0.05) is 30.3 Å². The van der Waals surface area contributed by atoms with Gasteiger partial charge in [0.2, 0.25) is 0 Å². The zero-order valence-corrected chi connectivity index (χ0v) is 15.4. The maximum atomic E-state index is 9.56. The molecule has 0 bridgehead atoms. The molecule has 6 nitrogen and oxygen atoms in total. The second-order valence-corrected chi connectivity index (χ2v) is 6.75. The molecule has 1 aromatic heterocycles. The van der Waals surface area contributed by atoms with Crippen LogP contribution >= 0.6 is 0 Å². The molecule has 1 atom stereocenters. The number of fused-ring (bicyclic) bond motifs is 1. The van der Waals surface area contributed by atoms with E-state index in [4.69, 9.17) is 4.74 Å². The molecule has 2 aromatic carbocycles. The second kappa shape index (κ2) is 7.80. The molecule has 1 unspecified atom stereocenters. The van der Waals surface area contributed by atoms with Gasteiger partial charge in [0.05, 0.1) is 19.8 Å². The Labute approximate surface area is 158 Å².